The standard InChI is InChI=1S/C18H27NO3S/c1-5-7-12(4)16(20)19-17-15(18(21)22-6-2)13-9-8-11(3)10-14(13)23-17/h11-12H,5-10H2,1-4H3,(H,19,20)/t11-,12-/m0/s1. The molecule has 0 spiro atoms. The summed E-state index contributed by atoms with van der Waals surface area (Å²) in [5, 5.41) is 3.66. The van der Waals surface area contributed by atoms with Crippen molar-refractivity contribution in [1.82, 2.24) is 0 Å². The number of hydrogen-bond acceptors (Lipinski definition) is 4. The van der Waals surface area contributed by atoms with Crippen molar-refractivity contribution in [2.45, 2.75) is 59.8 Å². The predicted molar refractivity (Wildman–Crippen MR) is 94.2 cm³/mol. The van der Waals surface area contributed by atoms with E-state index in [0.717, 1.165) is 37.7 Å². The SMILES string of the molecule is CCC[C@H](C)C(=O)Nc1sc2c(c1C(=O)OCC)CC[C@H](C)C2. The van der Waals surface area contributed by atoms with Crippen molar-refractivity contribution in [1.29, 1.82) is 0 Å². The largest absolute Gasteiger partial charge is 0.462 e. The van der Waals surface area contributed by atoms with E-state index in [1.165, 1.54) is 4.88 Å². The summed E-state index contributed by atoms with van der Waals surface area (Å²) >= 11 is 1.55. The molecule has 1 aliphatic carbocycles. The maximum Gasteiger partial charge on any atom is 0.341 e. The number of carbonyl (C=O) groups is 2. The van der Waals surface area contributed by atoms with Crippen molar-refractivity contribution in [3.05, 3.63) is 16.0 Å². The Labute approximate surface area is 142 Å². The lowest BCUT2D eigenvalue weighted by molar-refractivity contribution is -0.119. The predicted octanol–water partition coefficient (Wildman–Crippen LogP) is 4.42. The van der Waals surface area contributed by atoms with E-state index in [0.29, 0.717) is 23.1 Å². The van der Waals surface area contributed by atoms with E-state index in [2.05, 4.69) is 19.2 Å². The van der Waals surface area contributed by atoms with Crippen LogP contribution in [0.5, 0.6) is 0 Å². The molecule has 0 bridgehead atoms. The summed E-state index contributed by atoms with van der Waals surface area (Å²) in [6.45, 7) is 8.38. The highest BCUT2D eigenvalue weighted by Crippen LogP contribution is 2.40. The van der Waals surface area contributed by atoms with Crippen LogP contribution < -0.4 is 5.32 Å². The van der Waals surface area contributed by atoms with Crippen LogP contribution in [0.1, 0.15) is 67.8 Å². The first-order chi connectivity index (χ1) is 11.0. The van der Waals surface area contributed by atoms with Gasteiger partial charge in [0.05, 0.1) is 12.2 Å². The molecule has 0 saturated carbocycles. The van der Waals surface area contributed by atoms with Gasteiger partial charge in [-0.15, -0.1) is 11.3 Å². The summed E-state index contributed by atoms with van der Waals surface area (Å²) in [6.07, 6.45) is 4.77. The molecule has 2 atom stereocenters. The maximum atomic E-state index is 12.4. The second-order valence-corrected chi connectivity index (χ2v) is 7.56. The van der Waals surface area contributed by atoms with Gasteiger partial charge < -0.3 is 10.1 Å². The van der Waals surface area contributed by atoms with Crippen LogP contribution in [0.2, 0.25) is 0 Å². The molecule has 0 radical (unpaired) electrons. The zero-order valence-electron chi connectivity index (χ0n) is 14.5. The van der Waals surface area contributed by atoms with Crippen molar-refractivity contribution >= 4 is 28.2 Å². The molecule has 0 unspecified atom stereocenters. The molecule has 0 fully saturated rings. The van der Waals surface area contributed by atoms with Crippen LogP contribution >= 0.6 is 11.3 Å². The van der Waals surface area contributed by atoms with Crippen molar-refractivity contribution in [3.63, 3.8) is 0 Å². The van der Waals surface area contributed by atoms with Gasteiger partial charge in [-0.05, 0) is 44.1 Å². The molecule has 4 nitrogen and oxygen atoms in total. The topological polar surface area (TPSA) is 55.4 Å². The Morgan fingerprint density at radius 1 is 1.39 bits per heavy atom. The Bertz CT molecular complexity index is 579. The van der Waals surface area contributed by atoms with Gasteiger partial charge in [-0.25, -0.2) is 4.79 Å². The summed E-state index contributed by atoms with van der Waals surface area (Å²) in [5.41, 5.74) is 1.68. The first kappa shape index (κ1) is 18.0. The zero-order valence-corrected chi connectivity index (χ0v) is 15.3. The van der Waals surface area contributed by atoms with E-state index in [-0.39, 0.29) is 17.8 Å². The minimum Gasteiger partial charge on any atom is -0.462 e. The van der Waals surface area contributed by atoms with E-state index < -0.39 is 0 Å². The zero-order chi connectivity index (χ0) is 17.0. The fourth-order valence-corrected chi connectivity index (χ4v) is 4.46. The Kier molecular flexibility index (Phi) is 6.22. The van der Waals surface area contributed by atoms with E-state index in [1.54, 1.807) is 18.3 Å². The molecule has 23 heavy (non-hydrogen) atoms. The maximum absolute atomic E-state index is 12.4. The van der Waals surface area contributed by atoms with Gasteiger partial charge >= 0.3 is 5.97 Å². The quantitative estimate of drug-likeness (QED) is 0.782. The van der Waals surface area contributed by atoms with Crippen LogP contribution in [0.4, 0.5) is 5.00 Å². The molecule has 1 aromatic rings. The molecule has 0 saturated heterocycles. The second-order valence-electron chi connectivity index (χ2n) is 6.46. The Hall–Kier alpha value is -1.36. The van der Waals surface area contributed by atoms with Gasteiger partial charge in [0, 0.05) is 10.8 Å². The van der Waals surface area contributed by atoms with Gasteiger partial charge in [0.2, 0.25) is 5.91 Å². The molecule has 2 rings (SSSR count). The normalized spacial score (nSPS) is 18.2. The number of rotatable bonds is 6. The van der Waals surface area contributed by atoms with Gasteiger partial charge in [-0.1, -0.05) is 27.2 Å². The molecule has 0 aromatic carbocycles. The molecular formula is C18H27NO3S. The lowest BCUT2D eigenvalue weighted by atomic mass is 9.88. The average Bonchev–Trinajstić information content (AvgIpc) is 2.84. The van der Waals surface area contributed by atoms with Gasteiger partial charge in [-0.3, -0.25) is 4.79 Å². The monoisotopic (exact) mass is 337 g/mol. The summed E-state index contributed by atoms with van der Waals surface area (Å²) in [7, 11) is 0. The number of ether oxygens (including phenoxy) is 1. The molecule has 1 heterocycles. The number of fused-ring (bicyclic) bond motifs is 1. The van der Waals surface area contributed by atoms with E-state index in [9.17, 15) is 9.59 Å². The number of anilines is 1. The fourth-order valence-electron chi connectivity index (χ4n) is 3.06. The number of esters is 1. The molecule has 5 heteroatoms. The molecule has 1 aliphatic rings. The average molecular weight is 337 g/mol. The molecule has 1 aromatic heterocycles. The van der Waals surface area contributed by atoms with Gasteiger partial charge in [0.15, 0.2) is 0 Å². The van der Waals surface area contributed by atoms with Crippen LogP contribution in [0.25, 0.3) is 0 Å². The molecule has 1 amide bonds. The molecule has 1 N–H and O–H groups in total. The Morgan fingerprint density at radius 3 is 2.78 bits per heavy atom. The molecule has 128 valence electrons. The molecule has 0 aliphatic heterocycles. The summed E-state index contributed by atoms with van der Waals surface area (Å²) in [5.74, 6) is 0.258. The van der Waals surface area contributed by atoms with E-state index >= 15 is 0 Å². The number of thiophene rings is 1. The van der Waals surface area contributed by atoms with Crippen LogP contribution in [-0.2, 0) is 22.4 Å². The van der Waals surface area contributed by atoms with Crippen molar-refractivity contribution < 1.29 is 14.3 Å². The van der Waals surface area contributed by atoms with Crippen LogP contribution in [0, 0.1) is 11.8 Å². The number of hydrogen-bond donors (Lipinski definition) is 1. The van der Waals surface area contributed by atoms with E-state index in [1.807, 2.05) is 6.92 Å². The van der Waals surface area contributed by atoms with E-state index in [4.69, 9.17) is 4.74 Å². The highest BCUT2D eigenvalue weighted by Gasteiger charge is 2.29. The van der Waals surface area contributed by atoms with Crippen molar-refractivity contribution in [2.75, 3.05) is 11.9 Å². The highest BCUT2D eigenvalue weighted by atomic mass is 32.1. The highest BCUT2D eigenvalue weighted by molar-refractivity contribution is 7.17. The van der Waals surface area contributed by atoms with Crippen molar-refractivity contribution in [2.24, 2.45) is 11.8 Å². The van der Waals surface area contributed by atoms with Gasteiger partial charge in [0.1, 0.15) is 5.00 Å². The number of amides is 1. The third-order valence-corrected chi connectivity index (χ3v) is 5.57. The van der Waals surface area contributed by atoms with Crippen LogP contribution in [0.3, 0.4) is 0 Å². The lowest BCUT2D eigenvalue weighted by Crippen LogP contribution is -2.21. The fraction of sp³-hybridized carbons (Fsp3) is 0.667. The minimum absolute atomic E-state index is 0.0101. The lowest BCUT2D eigenvalue weighted by Gasteiger charge is -2.18. The third-order valence-electron chi connectivity index (χ3n) is 4.40. The third kappa shape index (κ3) is 4.14. The summed E-state index contributed by atoms with van der Waals surface area (Å²) < 4.78 is 5.23. The Morgan fingerprint density at radius 2 is 2.13 bits per heavy atom. The smallest absolute Gasteiger partial charge is 0.341 e. The Balaban J connectivity index is 2.30. The van der Waals surface area contributed by atoms with Crippen LogP contribution in [0.15, 0.2) is 0 Å². The van der Waals surface area contributed by atoms with Crippen LogP contribution in [-0.4, -0.2) is 18.5 Å². The van der Waals surface area contributed by atoms with Gasteiger partial charge in [0.25, 0.3) is 0 Å². The summed E-state index contributed by atoms with van der Waals surface area (Å²) in [4.78, 5) is 26.0. The summed E-state index contributed by atoms with van der Waals surface area (Å²) in [6, 6.07) is 0. The first-order valence-electron chi connectivity index (χ1n) is 8.60. The van der Waals surface area contributed by atoms with Crippen molar-refractivity contribution in [3.8, 4) is 0 Å². The molecular weight excluding hydrogens is 310 g/mol. The minimum atomic E-state index is -0.307. The first-order valence-corrected chi connectivity index (χ1v) is 9.42. The van der Waals surface area contributed by atoms with Gasteiger partial charge in [-0.2, -0.15) is 0 Å². The number of carbonyl (C=O) groups excluding carboxylic acids is 2. The number of nitrogens with one attached hydrogen (secondary N) is 1. The second kappa shape index (κ2) is 7.95.